The molecular formula is C31H39N7O2. The van der Waals surface area contributed by atoms with Gasteiger partial charge in [-0.05, 0) is 49.3 Å². The fourth-order valence-corrected chi connectivity index (χ4v) is 4.54. The second-order valence-electron chi connectivity index (χ2n) is 11.0. The predicted octanol–water partition coefficient (Wildman–Crippen LogP) is 5.59. The zero-order valence-corrected chi connectivity index (χ0v) is 24.4. The van der Waals surface area contributed by atoms with E-state index < -0.39 is 0 Å². The smallest absolute Gasteiger partial charge is 0.247 e. The number of carbonyl (C=O) groups is 1. The molecule has 2 aromatic carbocycles. The molecule has 0 fully saturated rings. The molecule has 210 valence electrons. The van der Waals surface area contributed by atoms with Crippen molar-refractivity contribution in [2.24, 2.45) is 0 Å². The molecule has 0 bridgehead atoms. The Hall–Kier alpha value is -4.37. The second-order valence-corrected chi connectivity index (χ2v) is 11.0. The Morgan fingerprint density at radius 2 is 1.85 bits per heavy atom. The lowest BCUT2D eigenvalue weighted by molar-refractivity contribution is -0.111. The van der Waals surface area contributed by atoms with Crippen LogP contribution >= 0.6 is 0 Å². The SMILES string of the molecule is C=CC(=O)Nc1cc(Nc2nccc(-n3cc(C(C)(C)C)c4ccccc43)n2)c(OC)cc1N(C)CCN(C)C. The van der Waals surface area contributed by atoms with Crippen molar-refractivity contribution in [1.82, 2.24) is 19.4 Å². The molecule has 0 saturated carbocycles. The van der Waals surface area contributed by atoms with E-state index in [2.05, 4.69) is 81.7 Å². The average molecular weight is 542 g/mol. The molecule has 0 unspecified atom stereocenters. The average Bonchev–Trinajstić information content (AvgIpc) is 3.32. The molecular weight excluding hydrogens is 502 g/mol. The van der Waals surface area contributed by atoms with Gasteiger partial charge in [0.25, 0.3) is 0 Å². The summed E-state index contributed by atoms with van der Waals surface area (Å²) in [4.78, 5) is 25.8. The summed E-state index contributed by atoms with van der Waals surface area (Å²) in [6.45, 7) is 11.8. The monoisotopic (exact) mass is 541 g/mol. The predicted molar refractivity (Wildman–Crippen MR) is 164 cm³/mol. The van der Waals surface area contributed by atoms with E-state index in [-0.39, 0.29) is 11.3 Å². The van der Waals surface area contributed by atoms with Crippen molar-refractivity contribution in [3.05, 3.63) is 73.1 Å². The number of methoxy groups -OCH3 is 1. The van der Waals surface area contributed by atoms with Crippen LogP contribution in [-0.2, 0) is 10.2 Å². The number of para-hydroxylation sites is 1. The van der Waals surface area contributed by atoms with Crippen LogP contribution < -0.4 is 20.3 Å². The Kier molecular flexibility index (Phi) is 8.44. The second kappa shape index (κ2) is 11.8. The van der Waals surface area contributed by atoms with Gasteiger partial charge in [0, 0.05) is 44.0 Å². The summed E-state index contributed by atoms with van der Waals surface area (Å²) < 4.78 is 7.84. The molecule has 0 atom stereocenters. The van der Waals surface area contributed by atoms with Gasteiger partial charge in [0.1, 0.15) is 11.6 Å². The molecule has 2 N–H and O–H groups in total. The number of ether oxygens (including phenoxy) is 1. The van der Waals surface area contributed by atoms with Crippen molar-refractivity contribution in [2.45, 2.75) is 26.2 Å². The molecule has 9 heteroatoms. The summed E-state index contributed by atoms with van der Waals surface area (Å²) in [7, 11) is 7.64. The number of rotatable bonds is 10. The molecule has 0 spiro atoms. The molecule has 2 heterocycles. The van der Waals surface area contributed by atoms with Crippen molar-refractivity contribution >= 4 is 39.8 Å². The van der Waals surface area contributed by atoms with E-state index in [1.807, 2.05) is 45.4 Å². The van der Waals surface area contributed by atoms with E-state index in [1.54, 1.807) is 13.3 Å². The third kappa shape index (κ3) is 6.26. The normalized spacial score (nSPS) is 11.5. The molecule has 9 nitrogen and oxygen atoms in total. The van der Waals surface area contributed by atoms with E-state index in [0.29, 0.717) is 23.1 Å². The maximum atomic E-state index is 12.3. The first-order valence-electron chi connectivity index (χ1n) is 13.2. The minimum Gasteiger partial charge on any atom is -0.494 e. The Morgan fingerprint density at radius 3 is 2.52 bits per heavy atom. The highest BCUT2D eigenvalue weighted by Crippen LogP contribution is 2.38. The minimum atomic E-state index is -0.300. The summed E-state index contributed by atoms with van der Waals surface area (Å²) in [5.74, 6) is 1.44. The minimum absolute atomic E-state index is 0.0277. The molecule has 0 aliphatic carbocycles. The molecule has 0 aliphatic rings. The Bertz CT molecular complexity index is 1520. The quantitative estimate of drug-likeness (QED) is 0.253. The molecule has 0 aliphatic heterocycles. The van der Waals surface area contributed by atoms with Gasteiger partial charge in [-0.2, -0.15) is 4.98 Å². The maximum absolute atomic E-state index is 12.3. The highest BCUT2D eigenvalue weighted by atomic mass is 16.5. The lowest BCUT2D eigenvalue weighted by atomic mass is 9.87. The van der Waals surface area contributed by atoms with Gasteiger partial charge in [-0.25, -0.2) is 4.98 Å². The fourth-order valence-electron chi connectivity index (χ4n) is 4.54. The number of likely N-dealkylation sites (N-methyl/N-ethyl adjacent to an activating group) is 2. The first kappa shape index (κ1) is 28.6. The number of hydrogen-bond acceptors (Lipinski definition) is 7. The number of nitrogens with one attached hydrogen (secondary N) is 2. The van der Waals surface area contributed by atoms with Crippen LogP contribution in [0.5, 0.6) is 5.75 Å². The van der Waals surface area contributed by atoms with Gasteiger partial charge in [-0.1, -0.05) is 45.5 Å². The Balaban J connectivity index is 1.74. The third-order valence-electron chi connectivity index (χ3n) is 6.71. The fraction of sp³-hybridized carbons (Fsp3) is 0.323. The lowest BCUT2D eigenvalue weighted by Crippen LogP contribution is -2.29. The standard InChI is InChI=1S/C31H39N7O2/c1-9-29(39)33-23-18-24(27(40-8)19-26(23)37(7)17-16-36(5)6)34-30-32-15-14-28(35-30)38-20-22(31(2,3)4)21-12-10-11-13-25(21)38/h9-15,18-20H,1,16-17H2,2-8H3,(H,33,39)(H,32,34,35). The van der Waals surface area contributed by atoms with Gasteiger partial charge < -0.3 is 29.7 Å². The number of nitrogens with zero attached hydrogens (tertiary/aromatic N) is 5. The largest absolute Gasteiger partial charge is 0.494 e. The van der Waals surface area contributed by atoms with Gasteiger partial charge in [-0.3, -0.25) is 4.79 Å². The number of fused-ring (bicyclic) bond motifs is 1. The van der Waals surface area contributed by atoms with E-state index in [1.165, 1.54) is 17.0 Å². The van der Waals surface area contributed by atoms with Crippen LogP contribution in [0, 0.1) is 0 Å². The highest BCUT2D eigenvalue weighted by Gasteiger charge is 2.21. The summed E-state index contributed by atoms with van der Waals surface area (Å²) >= 11 is 0. The Labute approximate surface area is 236 Å². The maximum Gasteiger partial charge on any atom is 0.247 e. The first-order valence-corrected chi connectivity index (χ1v) is 13.2. The number of carbonyl (C=O) groups excluding carboxylic acids is 1. The van der Waals surface area contributed by atoms with Gasteiger partial charge >= 0.3 is 0 Å². The van der Waals surface area contributed by atoms with Crippen LogP contribution in [0.4, 0.5) is 23.0 Å². The summed E-state index contributed by atoms with van der Waals surface area (Å²) in [5.41, 5.74) is 4.36. The van der Waals surface area contributed by atoms with E-state index >= 15 is 0 Å². The van der Waals surface area contributed by atoms with Gasteiger partial charge in [-0.15, -0.1) is 0 Å². The van der Waals surface area contributed by atoms with Crippen molar-refractivity contribution in [3.63, 3.8) is 0 Å². The van der Waals surface area contributed by atoms with Crippen LogP contribution in [0.15, 0.2) is 67.5 Å². The number of hydrogen-bond donors (Lipinski definition) is 2. The van der Waals surface area contributed by atoms with Gasteiger partial charge in [0.05, 0.1) is 29.7 Å². The van der Waals surface area contributed by atoms with Crippen molar-refractivity contribution < 1.29 is 9.53 Å². The molecule has 1 amide bonds. The van der Waals surface area contributed by atoms with Gasteiger partial charge in [0.15, 0.2) is 0 Å². The molecule has 0 saturated heterocycles. The highest BCUT2D eigenvalue weighted by molar-refractivity contribution is 6.02. The lowest BCUT2D eigenvalue weighted by Gasteiger charge is -2.26. The van der Waals surface area contributed by atoms with E-state index in [4.69, 9.17) is 9.72 Å². The number of benzene rings is 2. The summed E-state index contributed by atoms with van der Waals surface area (Å²) in [6, 6.07) is 14.0. The van der Waals surface area contributed by atoms with Crippen molar-refractivity contribution in [1.29, 1.82) is 0 Å². The van der Waals surface area contributed by atoms with Crippen molar-refractivity contribution in [2.75, 3.05) is 56.9 Å². The molecule has 4 aromatic rings. The van der Waals surface area contributed by atoms with Gasteiger partial charge in [0.2, 0.25) is 11.9 Å². The van der Waals surface area contributed by atoms with E-state index in [0.717, 1.165) is 30.1 Å². The summed E-state index contributed by atoms with van der Waals surface area (Å²) in [6.07, 6.45) is 5.13. The molecule has 40 heavy (non-hydrogen) atoms. The topological polar surface area (TPSA) is 87.5 Å². The number of amides is 1. The zero-order chi connectivity index (χ0) is 29.0. The third-order valence-corrected chi connectivity index (χ3v) is 6.71. The molecule has 4 rings (SSSR count). The van der Waals surface area contributed by atoms with E-state index in [9.17, 15) is 4.79 Å². The van der Waals surface area contributed by atoms with Crippen LogP contribution in [0.2, 0.25) is 0 Å². The first-order chi connectivity index (χ1) is 19.0. The van der Waals surface area contributed by atoms with Crippen molar-refractivity contribution in [3.8, 4) is 11.6 Å². The zero-order valence-electron chi connectivity index (χ0n) is 24.4. The molecule has 2 aromatic heterocycles. The van der Waals surface area contributed by atoms with Crippen LogP contribution in [0.3, 0.4) is 0 Å². The summed E-state index contributed by atoms with van der Waals surface area (Å²) in [5, 5.41) is 7.43. The van der Waals surface area contributed by atoms with Crippen LogP contribution in [0.25, 0.3) is 16.7 Å². The number of anilines is 4. The van der Waals surface area contributed by atoms with Crippen LogP contribution in [0.1, 0.15) is 26.3 Å². The molecule has 0 radical (unpaired) electrons. The van der Waals surface area contributed by atoms with Crippen LogP contribution in [-0.4, -0.2) is 66.7 Å². The Morgan fingerprint density at radius 1 is 1.10 bits per heavy atom. The number of aromatic nitrogens is 3.